The maximum Gasteiger partial charge on any atom is 0.126 e. The van der Waals surface area contributed by atoms with E-state index in [1.54, 1.807) is 0 Å². The van der Waals surface area contributed by atoms with Gasteiger partial charge in [-0.1, -0.05) is 48.5 Å². The first-order chi connectivity index (χ1) is 10.3. The van der Waals surface area contributed by atoms with Gasteiger partial charge in [0, 0.05) is 18.0 Å². The van der Waals surface area contributed by atoms with Gasteiger partial charge in [-0.05, 0) is 30.2 Å². The highest BCUT2D eigenvalue weighted by Gasteiger charge is 2.05. The lowest BCUT2D eigenvalue weighted by molar-refractivity contribution is 0.674. The van der Waals surface area contributed by atoms with E-state index in [0.29, 0.717) is 0 Å². The first kappa shape index (κ1) is 13.6. The highest BCUT2D eigenvalue weighted by Crippen LogP contribution is 2.16. The van der Waals surface area contributed by atoms with Crippen molar-refractivity contribution in [3.63, 3.8) is 0 Å². The fourth-order valence-corrected chi connectivity index (χ4v) is 2.39. The van der Waals surface area contributed by atoms with E-state index in [4.69, 9.17) is 5.73 Å². The molecule has 0 aliphatic rings. The van der Waals surface area contributed by atoms with Gasteiger partial charge in [-0.2, -0.15) is 0 Å². The van der Waals surface area contributed by atoms with Gasteiger partial charge in [-0.25, -0.2) is 4.98 Å². The molecule has 0 radical (unpaired) electrons. The molecule has 0 amide bonds. The molecule has 106 valence electrons. The molecule has 0 spiro atoms. The number of hydrogen-bond donors (Lipinski definition) is 2. The summed E-state index contributed by atoms with van der Waals surface area (Å²) in [7, 11) is 0. The highest BCUT2D eigenvalue weighted by molar-refractivity contribution is 5.79. The molecule has 1 unspecified atom stereocenters. The van der Waals surface area contributed by atoms with Gasteiger partial charge in [0.05, 0.1) is 5.52 Å². The minimum atomic E-state index is 0.0548. The SMILES string of the molecule is NC(CCNc1ccc2ccccc2n1)c1ccccc1. The summed E-state index contributed by atoms with van der Waals surface area (Å²) in [5, 5.41) is 4.50. The quantitative estimate of drug-likeness (QED) is 0.747. The summed E-state index contributed by atoms with van der Waals surface area (Å²) in [6, 6.07) is 22.5. The number of nitrogens with one attached hydrogen (secondary N) is 1. The summed E-state index contributed by atoms with van der Waals surface area (Å²) < 4.78 is 0. The molecule has 1 atom stereocenters. The van der Waals surface area contributed by atoms with Crippen LogP contribution in [0.3, 0.4) is 0 Å². The van der Waals surface area contributed by atoms with Crippen LogP contribution >= 0.6 is 0 Å². The summed E-state index contributed by atoms with van der Waals surface area (Å²) in [6.07, 6.45) is 0.874. The van der Waals surface area contributed by atoms with Crippen LogP contribution in [0.1, 0.15) is 18.0 Å². The predicted octanol–water partition coefficient (Wildman–Crippen LogP) is 3.74. The summed E-state index contributed by atoms with van der Waals surface area (Å²) >= 11 is 0. The molecule has 0 aliphatic heterocycles. The first-order valence-corrected chi connectivity index (χ1v) is 7.23. The molecule has 0 saturated carbocycles. The van der Waals surface area contributed by atoms with Crippen molar-refractivity contribution in [1.82, 2.24) is 4.98 Å². The fraction of sp³-hybridized carbons (Fsp3) is 0.167. The zero-order valence-corrected chi connectivity index (χ0v) is 11.9. The van der Waals surface area contributed by atoms with E-state index in [0.717, 1.165) is 29.7 Å². The molecule has 0 aliphatic carbocycles. The van der Waals surface area contributed by atoms with E-state index >= 15 is 0 Å². The molecule has 0 fully saturated rings. The van der Waals surface area contributed by atoms with E-state index in [9.17, 15) is 0 Å². The Hall–Kier alpha value is -2.39. The number of hydrogen-bond acceptors (Lipinski definition) is 3. The second-order valence-corrected chi connectivity index (χ2v) is 5.12. The normalized spacial score (nSPS) is 12.2. The van der Waals surface area contributed by atoms with Crippen LogP contribution in [0.15, 0.2) is 66.7 Å². The topological polar surface area (TPSA) is 50.9 Å². The number of para-hydroxylation sites is 1. The molecule has 0 bridgehead atoms. The second-order valence-electron chi connectivity index (χ2n) is 5.12. The number of nitrogens with two attached hydrogens (primary N) is 1. The van der Waals surface area contributed by atoms with Crippen LogP contribution in [-0.4, -0.2) is 11.5 Å². The minimum Gasteiger partial charge on any atom is -0.370 e. The Bertz CT molecular complexity index is 710. The molecular formula is C18H19N3. The van der Waals surface area contributed by atoms with Crippen LogP contribution in [0.4, 0.5) is 5.82 Å². The highest BCUT2D eigenvalue weighted by atomic mass is 15.0. The molecule has 1 aromatic heterocycles. The number of pyridine rings is 1. The molecule has 3 N–H and O–H groups in total. The Kier molecular flexibility index (Phi) is 4.12. The van der Waals surface area contributed by atoms with Crippen LogP contribution in [0, 0.1) is 0 Å². The Morgan fingerprint density at radius 3 is 2.52 bits per heavy atom. The van der Waals surface area contributed by atoms with Crippen LogP contribution in [-0.2, 0) is 0 Å². The van der Waals surface area contributed by atoms with Crippen molar-refractivity contribution < 1.29 is 0 Å². The first-order valence-electron chi connectivity index (χ1n) is 7.23. The second kappa shape index (κ2) is 6.37. The molecule has 3 heteroatoms. The monoisotopic (exact) mass is 277 g/mol. The largest absolute Gasteiger partial charge is 0.370 e. The number of anilines is 1. The third kappa shape index (κ3) is 3.38. The van der Waals surface area contributed by atoms with Gasteiger partial charge < -0.3 is 11.1 Å². The number of aromatic nitrogens is 1. The average Bonchev–Trinajstić information content (AvgIpc) is 2.55. The van der Waals surface area contributed by atoms with Gasteiger partial charge >= 0.3 is 0 Å². The fourth-order valence-electron chi connectivity index (χ4n) is 2.39. The van der Waals surface area contributed by atoms with Crippen LogP contribution in [0.5, 0.6) is 0 Å². The van der Waals surface area contributed by atoms with Crippen molar-refractivity contribution in [3.8, 4) is 0 Å². The van der Waals surface area contributed by atoms with Crippen molar-refractivity contribution in [2.75, 3.05) is 11.9 Å². The van der Waals surface area contributed by atoms with Gasteiger partial charge in [-0.3, -0.25) is 0 Å². The third-order valence-electron chi connectivity index (χ3n) is 3.59. The maximum absolute atomic E-state index is 6.19. The Balaban J connectivity index is 1.59. The molecule has 2 aromatic carbocycles. The van der Waals surface area contributed by atoms with E-state index in [1.807, 2.05) is 42.5 Å². The molecule has 3 aromatic rings. The number of benzene rings is 2. The Morgan fingerprint density at radius 1 is 0.905 bits per heavy atom. The standard InChI is InChI=1S/C18H19N3/c19-16(14-6-2-1-3-7-14)12-13-20-18-11-10-15-8-4-5-9-17(15)21-18/h1-11,16H,12-13,19H2,(H,20,21). The molecule has 1 heterocycles. The van der Waals surface area contributed by atoms with Gasteiger partial charge in [0.1, 0.15) is 5.82 Å². The van der Waals surface area contributed by atoms with Crippen molar-refractivity contribution in [2.24, 2.45) is 5.73 Å². The lowest BCUT2D eigenvalue weighted by atomic mass is 10.1. The smallest absolute Gasteiger partial charge is 0.126 e. The molecule has 21 heavy (non-hydrogen) atoms. The molecule has 0 saturated heterocycles. The third-order valence-corrected chi connectivity index (χ3v) is 3.59. The lowest BCUT2D eigenvalue weighted by Crippen LogP contribution is -2.15. The van der Waals surface area contributed by atoms with Crippen molar-refractivity contribution >= 4 is 16.7 Å². The minimum absolute atomic E-state index is 0.0548. The van der Waals surface area contributed by atoms with E-state index in [2.05, 4.69) is 34.6 Å². The maximum atomic E-state index is 6.19. The van der Waals surface area contributed by atoms with Gasteiger partial charge in [-0.15, -0.1) is 0 Å². The van der Waals surface area contributed by atoms with Crippen LogP contribution < -0.4 is 11.1 Å². The zero-order valence-electron chi connectivity index (χ0n) is 11.9. The van der Waals surface area contributed by atoms with Gasteiger partial charge in [0.2, 0.25) is 0 Å². The van der Waals surface area contributed by atoms with Crippen molar-refractivity contribution in [3.05, 3.63) is 72.3 Å². The van der Waals surface area contributed by atoms with Crippen LogP contribution in [0.2, 0.25) is 0 Å². The van der Waals surface area contributed by atoms with Gasteiger partial charge in [0.15, 0.2) is 0 Å². The Labute approximate surface area is 124 Å². The molecule has 3 rings (SSSR count). The van der Waals surface area contributed by atoms with Gasteiger partial charge in [0.25, 0.3) is 0 Å². The lowest BCUT2D eigenvalue weighted by Gasteiger charge is -2.13. The number of rotatable bonds is 5. The predicted molar refractivity (Wildman–Crippen MR) is 88.2 cm³/mol. The van der Waals surface area contributed by atoms with E-state index < -0.39 is 0 Å². The number of fused-ring (bicyclic) bond motifs is 1. The molecule has 3 nitrogen and oxygen atoms in total. The van der Waals surface area contributed by atoms with Crippen molar-refractivity contribution in [1.29, 1.82) is 0 Å². The van der Waals surface area contributed by atoms with E-state index in [-0.39, 0.29) is 6.04 Å². The van der Waals surface area contributed by atoms with Crippen molar-refractivity contribution in [2.45, 2.75) is 12.5 Å². The zero-order chi connectivity index (χ0) is 14.5. The average molecular weight is 277 g/mol. The summed E-state index contributed by atoms with van der Waals surface area (Å²) in [6.45, 7) is 0.807. The van der Waals surface area contributed by atoms with Crippen LogP contribution in [0.25, 0.3) is 10.9 Å². The number of nitrogens with zero attached hydrogens (tertiary/aromatic N) is 1. The Morgan fingerprint density at radius 2 is 1.67 bits per heavy atom. The summed E-state index contributed by atoms with van der Waals surface area (Å²) in [5.74, 6) is 0.897. The molecular weight excluding hydrogens is 258 g/mol. The van der Waals surface area contributed by atoms with E-state index in [1.165, 1.54) is 5.56 Å². The summed E-state index contributed by atoms with van der Waals surface area (Å²) in [4.78, 5) is 4.59. The summed E-state index contributed by atoms with van der Waals surface area (Å²) in [5.41, 5.74) is 8.37.